The van der Waals surface area contributed by atoms with E-state index in [1.165, 1.54) is 36.4 Å². The van der Waals surface area contributed by atoms with Crippen molar-refractivity contribution < 1.29 is 18.4 Å². The lowest BCUT2D eigenvalue weighted by Gasteiger charge is -2.22. The van der Waals surface area contributed by atoms with Gasteiger partial charge in [0.15, 0.2) is 0 Å². The quantitative estimate of drug-likeness (QED) is 0.845. The van der Waals surface area contributed by atoms with Gasteiger partial charge in [-0.3, -0.25) is 9.59 Å². The number of benzene rings is 2. The minimum Gasteiger partial charge on any atom is -0.350 e. The van der Waals surface area contributed by atoms with Crippen LogP contribution in [0.3, 0.4) is 0 Å². The van der Waals surface area contributed by atoms with E-state index in [4.69, 9.17) is 0 Å². The molecule has 0 aromatic heterocycles. The minimum atomic E-state index is -0.758. The zero-order valence-corrected chi connectivity index (χ0v) is 14.1. The molecule has 2 aromatic rings. The molecule has 0 saturated heterocycles. The first-order valence-electron chi connectivity index (χ1n) is 7.95. The van der Waals surface area contributed by atoms with Gasteiger partial charge in [0.1, 0.15) is 17.7 Å². The zero-order valence-electron chi connectivity index (χ0n) is 14.1. The molecule has 2 aromatic carbocycles. The van der Waals surface area contributed by atoms with E-state index < -0.39 is 17.8 Å². The summed E-state index contributed by atoms with van der Waals surface area (Å²) in [7, 11) is 0. The predicted octanol–water partition coefficient (Wildman–Crippen LogP) is 3.04. The summed E-state index contributed by atoms with van der Waals surface area (Å²) < 4.78 is 26.1. The number of hydrogen-bond acceptors (Lipinski definition) is 2. The van der Waals surface area contributed by atoms with E-state index in [1.807, 2.05) is 0 Å². The average Bonchev–Trinajstić information content (AvgIpc) is 2.57. The van der Waals surface area contributed by atoms with Crippen molar-refractivity contribution in [3.63, 3.8) is 0 Å². The third kappa shape index (κ3) is 5.38. The fourth-order valence-electron chi connectivity index (χ4n) is 2.31. The van der Waals surface area contributed by atoms with Crippen LogP contribution in [0, 0.1) is 17.6 Å². The lowest BCUT2D eigenvalue weighted by molar-refractivity contribution is -0.124. The van der Waals surface area contributed by atoms with Crippen molar-refractivity contribution in [2.24, 2.45) is 5.92 Å². The summed E-state index contributed by atoms with van der Waals surface area (Å²) in [4.78, 5) is 24.6. The monoisotopic (exact) mass is 346 g/mol. The van der Waals surface area contributed by atoms with Crippen molar-refractivity contribution in [3.8, 4) is 0 Å². The summed E-state index contributed by atoms with van der Waals surface area (Å²) >= 11 is 0. The number of carbonyl (C=O) groups is 2. The second-order valence-electron chi connectivity index (χ2n) is 6.05. The van der Waals surface area contributed by atoms with Gasteiger partial charge in [-0.1, -0.05) is 26.0 Å². The molecule has 0 saturated carbocycles. The maximum Gasteiger partial charge on any atom is 0.251 e. The van der Waals surface area contributed by atoms with E-state index in [9.17, 15) is 18.4 Å². The highest BCUT2D eigenvalue weighted by Crippen LogP contribution is 2.08. The van der Waals surface area contributed by atoms with Gasteiger partial charge < -0.3 is 10.6 Å². The van der Waals surface area contributed by atoms with Gasteiger partial charge in [0.2, 0.25) is 5.91 Å². The maximum atomic E-state index is 13.2. The lowest BCUT2D eigenvalue weighted by atomic mass is 10.0. The van der Waals surface area contributed by atoms with Crippen LogP contribution in [-0.4, -0.2) is 17.9 Å². The molecule has 25 heavy (non-hydrogen) atoms. The third-order valence-electron chi connectivity index (χ3n) is 3.70. The standard InChI is InChI=1S/C19H20F2N2O2/c1-12(2)17(23-18(24)14-6-8-15(20)9-7-14)19(25)22-11-13-4-3-5-16(21)10-13/h3-10,12,17H,11H2,1-2H3,(H,22,25)(H,23,24). The van der Waals surface area contributed by atoms with Gasteiger partial charge in [-0.05, 0) is 47.9 Å². The van der Waals surface area contributed by atoms with E-state index >= 15 is 0 Å². The first-order valence-corrected chi connectivity index (χ1v) is 7.95. The normalized spacial score (nSPS) is 11.9. The Labute approximate surface area is 145 Å². The van der Waals surface area contributed by atoms with E-state index in [0.29, 0.717) is 5.56 Å². The van der Waals surface area contributed by atoms with Crippen LogP contribution >= 0.6 is 0 Å². The first kappa shape index (κ1) is 18.6. The van der Waals surface area contributed by atoms with Crippen LogP contribution < -0.4 is 10.6 Å². The molecule has 2 N–H and O–H groups in total. The molecule has 0 fully saturated rings. The number of amides is 2. The zero-order chi connectivity index (χ0) is 18.4. The molecular formula is C19H20F2N2O2. The summed E-state index contributed by atoms with van der Waals surface area (Å²) in [5, 5.41) is 5.35. The van der Waals surface area contributed by atoms with Gasteiger partial charge in [0.05, 0.1) is 0 Å². The average molecular weight is 346 g/mol. The molecule has 0 aliphatic heterocycles. The fraction of sp³-hybridized carbons (Fsp3) is 0.263. The molecule has 0 aliphatic rings. The highest BCUT2D eigenvalue weighted by molar-refractivity contribution is 5.97. The Balaban J connectivity index is 2.00. The van der Waals surface area contributed by atoms with Crippen LogP contribution in [-0.2, 0) is 11.3 Å². The Bertz CT molecular complexity index is 745. The summed E-state index contributed by atoms with van der Waals surface area (Å²) in [5.41, 5.74) is 0.894. The van der Waals surface area contributed by atoms with Gasteiger partial charge in [-0.25, -0.2) is 8.78 Å². The van der Waals surface area contributed by atoms with Crippen molar-refractivity contribution in [2.45, 2.75) is 26.4 Å². The highest BCUT2D eigenvalue weighted by atomic mass is 19.1. The van der Waals surface area contributed by atoms with Gasteiger partial charge in [-0.15, -0.1) is 0 Å². The molecule has 2 rings (SSSR count). The number of hydrogen-bond donors (Lipinski definition) is 2. The van der Waals surface area contributed by atoms with Crippen molar-refractivity contribution in [1.82, 2.24) is 10.6 Å². The largest absolute Gasteiger partial charge is 0.350 e. The molecule has 1 unspecified atom stereocenters. The molecular weight excluding hydrogens is 326 g/mol. The first-order chi connectivity index (χ1) is 11.9. The molecule has 0 radical (unpaired) electrons. The second kappa shape index (κ2) is 8.37. The molecule has 0 spiro atoms. The van der Waals surface area contributed by atoms with Gasteiger partial charge in [-0.2, -0.15) is 0 Å². The molecule has 132 valence electrons. The molecule has 1 atom stereocenters. The van der Waals surface area contributed by atoms with Crippen molar-refractivity contribution in [3.05, 3.63) is 71.3 Å². The molecule has 0 aliphatic carbocycles. The third-order valence-corrected chi connectivity index (χ3v) is 3.70. The summed E-state index contributed by atoms with van der Waals surface area (Å²) in [5.74, 6) is -1.80. The minimum absolute atomic E-state index is 0.156. The van der Waals surface area contributed by atoms with E-state index in [-0.39, 0.29) is 29.8 Å². The highest BCUT2D eigenvalue weighted by Gasteiger charge is 2.24. The Hall–Kier alpha value is -2.76. The Morgan fingerprint density at radius 1 is 1.00 bits per heavy atom. The van der Waals surface area contributed by atoms with E-state index in [0.717, 1.165) is 0 Å². The maximum absolute atomic E-state index is 13.2. The summed E-state index contributed by atoms with van der Waals surface area (Å²) in [6, 6.07) is 10.2. The van der Waals surface area contributed by atoms with Crippen LogP contribution in [0.4, 0.5) is 8.78 Å². The lowest BCUT2D eigenvalue weighted by Crippen LogP contribution is -2.49. The van der Waals surface area contributed by atoms with E-state index in [2.05, 4.69) is 10.6 Å². The Morgan fingerprint density at radius 2 is 1.68 bits per heavy atom. The van der Waals surface area contributed by atoms with Crippen LogP contribution in [0.25, 0.3) is 0 Å². The second-order valence-corrected chi connectivity index (χ2v) is 6.05. The molecule has 6 heteroatoms. The van der Waals surface area contributed by atoms with Crippen molar-refractivity contribution >= 4 is 11.8 Å². The van der Waals surface area contributed by atoms with Gasteiger partial charge >= 0.3 is 0 Å². The number of nitrogens with one attached hydrogen (secondary N) is 2. The van der Waals surface area contributed by atoms with Crippen LogP contribution in [0.2, 0.25) is 0 Å². The SMILES string of the molecule is CC(C)C(NC(=O)c1ccc(F)cc1)C(=O)NCc1cccc(F)c1. The number of carbonyl (C=O) groups excluding carboxylic acids is 2. The fourth-order valence-corrected chi connectivity index (χ4v) is 2.31. The summed E-state index contributed by atoms with van der Waals surface area (Å²) in [6.07, 6.45) is 0. The Kier molecular flexibility index (Phi) is 6.22. The van der Waals surface area contributed by atoms with Crippen LogP contribution in [0.5, 0.6) is 0 Å². The molecule has 0 heterocycles. The number of halogens is 2. The topological polar surface area (TPSA) is 58.2 Å². The molecule has 4 nitrogen and oxygen atoms in total. The van der Waals surface area contributed by atoms with E-state index in [1.54, 1.807) is 26.0 Å². The van der Waals surface area contributed by atoms with Crippen molar-refractivity contribution in [1.29, 1.82) is 0 Å². The van der Waals surface area contributed by atoms with Gasteiger partial charge in [0.25, 0.3) is 5.91 Å². The van der Waals surface area contributed by atoms with Crippen LogP contribution in [0.1, 0.15) is 29.8 Å². The van der Waals surface area contributed by atoms with Crippen molar-refractivity contribution in [2.75, 3.05) is 0 Å². The van der Waals surface area contributed by atoms with Gasteiger partial charge in [0, 0.05) is 12.1 Å². The predicted molar refractivity (Wildman–Crippen MR) is 90.7 cm³/mol. The smallest absolute Gasteiger partial charge is 0.251 e. The molecule has 2 amide bonds. The Morgan fingerprint density at radius 3 is 2.28 bits per heavy atom. The summed E-state index contributed by atoms with van der Waals surface area (Å²) in [6.45, 7) is 3.76. The van der Waals surface area contributed by atoms with Crippen LogP contribution in [0.15, 0.2) is 48.5 Å². The molecule has 0 bridgehead atoms. The number of rotatable bonds is 6.